The Morgan fingerprint density at radius 2 is 1.88 bits per heavy atom. The summed E-state index contributed by atoms with van der Waals surface area (Å²) >= 11 is 0. The fraction of sp³-hybridized carbons (Fsp3) is 0.240. The number of ketones is 1. The number of ether oxygens (including phenoxy) is 2. The summed E-state index contributed by atoms with van der Waals surface area (Å²) in [5.41, 5.74) is 0.927. The molecular formula is C25H24N2O6. The van der Waals surface area contributed by atoms with Crippen molar-refractivity contribution in [2.45, 2.75) is 26.3 Å². The van der Waals surface area contributed by atoms with E-state index in [2.05, 4.69) is 5.16 Å². The number of aryl methyl sites for hydroxylation is 1. The van der Waals surface area contributed by atoms with Gasteiger partial charge >= 0.3 is 5.91 Å². The number of Topliss-reactive ketones (excluding diaryl/α,β-unsaturated/α-hetero) is 1. The zero-order valence-corrected chi connectivity index (χ0v) is 18.6. The van der Waals surface area contributed by atoms with Crippen LogP contribution in [0.15, 0.2) is 64.7 Å². The van der Waals surface area contributed by atoms with Gasteiger partial charge < -0.3 is 19.1 Å². The molecule has 1 atom stereocenters. The highest BCUT2D eigenvalue weighted by Crippen LogP contribution is 2.42. The fourth-order valence-electron chi connectivity index (χ4n) is 3.74. The lowest BCUT2D eigenvalue weighted by Crippen LogP contribution is -2.29. The van der Waals surface area contributed by atoms with Gasteiger partial charge in [0.05, 0.1) is 25.3 Å². The first-order valence-electron chi connectivity index (χ1n) is 10.6. The van der Waals surface area contributed by atoms with Crippen molar-refractivity contribution in [3.8, 4) is 11.5 Å². The molecule has 3 aromatic rings. The molecule has 0 radical (unpaired) electrons. The molecule has 170 valence electrons. The van der Waals surface area contributed by atoms with Gasteiger partial charge in [-0.3, -0.25) is 14.5 Å². The molecule has 0 spiro atoms. The van der Waals surface area contributed by atoms with Gasteiger partial charge in [-0.05, 0) is 43.2 Å². The van der Waals surface area contributed by atoms with Crippen molar-refractivity contribution >= 4 is 23.3 Å². The molecule has 0 aliphatic carbocycles. The average Bonchev–Trinajstić information content (AvgIpc) is 3.38. The van der Waals surface area contributed by atoms with Crippen LogP contribution in [0.25, 0.3) is 5.76 Å². The molecule has 1 aliphatic rings. The second kappa shape index (κ2) is 9.20. The molecule has 8 heteroatoms. The second-order valence-corrected chi connectivity index (χ2v) is 7.61. The Morgan fingerprint density at radius 3 is 2.52 bits per heavy atom. The van der Waals surface area contributed by atoms with E-state index in [9.17, 15) is 14.7 Å². The van der Waals surface area contributed by atoms with E-state index in [1.54, 1.807) is 61.5 Å². The van der Waals surface area contributed by atoms with E-state index in [0.717, 1.165) is 6.42 Å². The van der Waals surface area contributed by atoms with E-state index >= 15 is 0 Å². The molecule has 33 heavy (non-hydrogen) atoms. The van der Waals surface area contributed by atoms with Crippen molar-refractivity contribution in [1.29, 1.82) is 0 Å². The number of aliphatic hydroxyl groups excluding tert-OH is 1. The summed E-state index contributed by atoms with van der Waals surface area (Å²) in [6.45, 7) is 4.28. The van der Waals surface area contributed by atoms with E-state index in [1.807, 2.05) is 6.92 Å². The molecule has 2 heterocycles. The summed E-state index contributed by atoms with van der Waals surface area (Å²) in [4.78, 5) is 27.5. The van der Waals surface area contributed by atoms with E-state index in [4.69, 9.17) is 14.0 Å². The van der Waals surface area contributed by atoms with Gasteiger partial charge in [0.25, 0.3) is 5.78 Å². The van der Waals surface area contributed by atoms with Crippen LogP contribution in [0, 0.1) is 6.92 Å². The molecule has 1 amide bonds. The number of rotatable bonds is 7. The summed E-state index contributed by atoms with van der Waals surface area (Å²) in [6.07, 6.45) is 0.869. The Labute approximate surface area is 191 Å². The van der Waals surface area contributed by atoms with Crippen LogP contribution in [0.2, 0.25) is 0 Å². The quantitative estimate of drug-likeness (QED) is 0.325. The van der Waals surface area contributed by atoms with Crippen LogP contribution in [-0.2, 0) is 9.59 Å². The molecule has 1 fully saturated rings. The summed E-state index contributed by atoms with van der Waals surface area (Å²) in [7, 11) is 1.51. The van der Waals surface area contributed by atoms with E-state index in [-0.39, 0.29) is 17.2 Å². The number of aromatic nitrogens is 1. The van der Waals surface area contributed by atoms with E-state index < -0.39 is 17.7 Å². The summed E-state index contributed by atoms with van der Waals surface area (Å²) in [6, 6.07) is 14.4. The standard InChI is InChI=1S/C25H24N2O6/c1-4-12-32-18-10-8-16(9-11-18)22-21(23(28)17-6-5-7-19(14-17)31-3)24(29)25(30)27(22)20-13-15(2)33-26-20/h5-11,13-14,22,28H,4,12H2,1-3H3/b23-21+/t22-/m0/s1. The molecule has 0 unspecified atom stereocenters. The van der Waals surface area contributed by atoms with Crippen LogP contribution in [0.4, 0.5) is 5.82 Å². The smallest absolute Gasteiger partial charge is 0.301 e. The molecule has 0 saturated carbocycles. The van der Waals surface area contributed by atoms with Crippen molar-refractivity contribution in [2.24, 2.45) is 0 Å². The fourth-order valence-corrected chi connectivity index (χ4v) is 3.74. The van der Waals surface area contributed by atoms with Gasteiger partial charge in [-0.1, -0.05) is 36.3 Å². The van der Waals surface area contributed by atoms with Crippen LogP contribution in [0.1, 0.15) is 36.3 Å². The number of amides is 1. The van der Waals surface area contributed by atoms with Gasteiger partial charge in [-0.15, -0.1) is 0 Å². The third kappa shape index (κ3) is 4.19. The van der Waals surface area contributed by atoms with Gasteiger partial charge in [0.2, 0.25) is 0 Å². The van der Waals surface area contributed by atoms with Crippen LogP contribution >= 0.6 is 0 Å². The summed E-state index contributed by atoms with van der Waals surface area (Å²) in [5.74, 6) is -0.0583. The topological polar surface area (TPSA) is 102 Å². The molecule has 1 N–H and O–H groups in total. The summed E-state index contributed by atoms with van der Waals surface area (Å²) < 4.78 is 16.0. The van der Waals surface area contributed by atoms with Crippen molar-refractivity contribution < 1.29 is 28.7 Å². The van der Waals surface area contributed by atoms with Gasteiger partial charge in [-0.25, -0.2) is 0 Å². The maximum atomic E-state index is 13.1. The first-order chi connectivity index (χ1) is 15.9. The number of hydrogen-bond donors (Lipinski definition) is 1. The minimum atomic E-state index is -0.902. The van der Waals surface area contributed by atoms with E-state index in [1.165, 1.54) is 12.0 Å². The minimum Gasteiger partial charge on any atom is -0.507 e. The number of benzene rings is 2. The van der Waals surface area contributed by atoms with Gasteiger partial charge in [0, 0.05) is 11.6 Å². The molecule has 4 rings (SSSR count). The van der Waals surface area contributed by atoms with Gasteiger partial charge in [-0.2, -0.15) is 0 Å². The number of anilines is 1. The predicted octanol–water partition coefficient (Wildman–Crippen LogP) is 4.41. The molecule has 0 bridgehead atoms. The zero-order chi connectivity index (χ0) is 23.5. The Balaban J connectivity index is 1.86. The van der Waals surface area contributed by atoms with Crippen molar-refractivity contribution in [3.05, 3.63) is 77.1 Å². The SMILES string of the molecule is CCCOc1ccc([C@H]2/C(=C(\O)c3cccc(OC)c3)C(=O)C(=O)N2c2cc(C)on2)cc1. The third-order valence-corrected chi connectivity index (χ3v) is 5.32. The number of aliphatic hydroxyl groups is 1. The van der Waals surface area contributed by atoms with E-state index in [0.29, 0.717) is 35.0 Å². The first-order valence-corrected chi connectivity index (χ1v) is 10.6. The maximum absolute atomic E-state index is 13.1. The number of nitrogens with zero attached hydrogens (tertiary/aromatic N) is 2. The van der Waals surface area contributed by atoms with Gasteiger partial charge in [0.15, 0.2) is 5.82 Å². The van der Waals surface area contributed by atoms with Crippen LogP contribution < -0.4 is 14.4 Å². The largest absolute Gasteiger partial charge is 0.507 e. The Kier molecular flexibility index (Phi) is 6.17. The lowest BCUT2D eigenvalue weighted by molar-refractivity contribution is -0.132. The monoisotopic (exact) mass is 448 g/mol. The normalized spacial score (nSPS) is 17.4. The zero-order valence-electron chi connectivity index (χ0n) is 18.6. The molecule has 1 saturated heterocycles. The summed E-state index contributed by atoms with van der Waals surface area (Å²) in [5, 5.41) is 15.1. The number of carbonyl (C=O) groups is 2. The Hall–Kier alpha value is -4.07. The van der Waals surface area contributed by atoms with Crippen molar-refractivity contribution in [3.63, 3.8) is 0 Å². The van der Waals surface area contributed by atoms with Crippen LogP contribution in [-0.4, -0.2) is 35.7 Å². The molecule has 1 aromatic heterocycles. The van der Waals surface area contributed by atoms with Crippen LogP contribution in [0.3, 0.4) is 0 Å². The molecule has 2 aromatic carbocycles. The number of carbonyl (C=O) groups excluding carboxylic acids is 2. The van der Waals surface area contributed by atoms with Crippen molar-refractivity contribution in [1.82, 2.24) is 5.16 Å². The number of hydrogen-bond acceptors (Lipinski definition) is 7. The Bertz CT molecular complexity index is 1210. The third-order valence-electron chi connectivity index (χ3n) is 5.32. The highest BCUT2D eigenvalue weighted by molar-refractivity contribution is 6.51. The maximum Gasteiger partial charge on any atom is 0.301 e. The number of methoxy groups -OCH3 is 1. The predicted molar refractivity (Wildman–Crippen MR) is 121 cm³/mol. The Morgan fingerprint density at radius 1 is 1.12 bits per heavy atom. The first kappa shape index (κ1) is 22.1. The second-order valence-electron chi connectivity index (χ2n) is 7.61. The highest BCUT2D eigenvalue weighted by atomic mass is 16.5. The lowest BCUT2D eigenvalue weighted by Gasteiger charge is -2.23. The highest BCUT2D eigenvalue weighted by Gasteiger charge is 2.48. The average molecular weight is 448 g/mol. The minimum absolute atomic E-state index is 0.0452. The van der Waals surface area contributed by atoms with Crippen LogP contribution in [0.5, 0.6) is 11.5 Å². The molecule has 1 aliphatic heterocycles. The molecule has 8 nitrogen and oxygen atoms in total. The lowest BCUT2D eigenvalue weighted by atomic mass is 9.95. The van der Waals surface area contributed by atoms with Gasteiger partial charge in [0.1, 0.15) is 23.0 Å². The van der Waals surface area contributed by atoms with Crippen molar-refractivity contribution in [2.75, 3.05) is 18.6 Å². The molecular weight excluding hydrogens is 424 g/mol.